The molecule has 0 aromatic heterocycles. The molecule has 0 heterocycles. The third-order valence-corrected chi connectivity index (χ3v) is 3.18. The maximum absolute atomic E-state index is 12.0. The van der Waals surface area contributed by atoms with Gasteiger partial charge in [-0.15, -0.1) is 0 Å². The zero-order valence-electron chi connectivity index (χ0n) is 13.4. The van der Waals surface area contributed by atoms with Gasteiger partial charge in [-0.3, -0.25) is 4.79 Å². The highest BCUT2D eigenvalue weighted by atomic mass is 16.5. The first kappa shape index (κ1) is 17.5. The topological polar surface area (TPSA) is 64.3 Å². The molecule has 0 saturated heterocycles. The number of benzene rings is 1. The molecule has 4 heteroatoms. The van der Waals surface area contributed by atoms with Crippen molar-refractivity contribution in [3.63, 3.8) is 0 Å². The fourth-order valence-corrected chi connectivity index (χ4v) is 2.05. The highest BCUT2D eigenvalue weighted by Gasteiger charge is 2.09. The van der Waals surface area contributed by atoms with Crippen molar-refractivity contribution in [2.45, 2.75) is 46.1 Å². The first-order valence-corrected chi connectivity index (χ1v) is 7.79. The fourth-order valence-electron chi connectivity index (χ4n) is 2.05. The van der Waals surface area contributed by atoms with Crippen molar-refractivity contribution in [3.8, 4) is 5.75 Å². The van der Waals surface area contributed by atoms with E-state index in [4.69, 9.17) is 10.5 Å². The molecule has 0 bridgehead atoms. The molecule has 0 saturated carbocycles. The molecule has 0 aliphatic rings. The Labute approximate surface area is 128 Å². The van der Waals surface area contributed by atoms with E-state index < -0.39 is 0 Å². The highest BCUT2D eigenvalue weighted by Crippen LogP contribution is 2.12. The van der Waals surface area contributed by atoms with Crippen molar-refractivity contribution in [3.05, 3.63) is 29.8 Å². The molecular formula is C17H28N2O2. The lowest BCUT2D eigenvalue weighted by atomic mass is 10.0. The van der Waals surface area contributed by atoms with Crippen molar-refractivity contribution < 1.29 is 9.53 Å². The zero-order valence-corrected chi connectivity index (χ0v) is 13.4. The highest BCUT2D eigenvalue weighted by molar-refractivity contribution is 5.94. The molecule has 4 nitrogen and oxygen atoms in total. The number of hydrogen-bond donors (Lipinski definition) is 2. The van der Waals surface area contributed by atoms with Gasteiger partial charge in [0.15, 0.2) is 0 Å². The van der Waals surface area contributed by atoms with Gasteiger partial charge in [0.2, 0.25) is 0 Å². The maximum atomic E-state index is 12.0. The second-order valence-corrected chi connectivity index (χ2v) is 5.83. The lowest BCUT2D eigenvalue weighted by molar-refractivity contribution is 0.0950. The van der Waals surface area contributed by atoms with Crippen LogP contribution in [0.5, 0.6) is 5.75 Å². The van der Waals surface area contributed by atoms with E-state index in [2.05, 4.69) is 26.1 Å². The third kappa shape index (κ3) is 7.14. The average Bonchev–Trinajstić information content (AvgIpc) is 2.45. The van der Waals surface area contributed by atoms with Crippen molar-refractivity contribution in [1.82, 2.24) is 5.32 Å². The number of nitrogens with one attached hydrogen (secondary N) is 1. The van der Waals surface area contributed by atoms with Crippen LogP contribution in [0.25, 0.3) is 0 Å². The van der Waals surface area contributed by atoms with E-state index >= 15 is 0 Å². The summed E-state index contributed by atoms with van der Waals surface area (Å²) in [7, 11) is 0. The second kappa shape index (κ2) is 9.40. The van der Waals surface area contributed by atoms with Crippen LogP contribution in [0.2, 0.25) is 0 Å². The molecule has 0 fully saturated rings. The van der Waals surface area contributed by atoms with Crippen LogP contribution in [0, 0.1) is 5.92 Å². The van der Waals surface area contributed by atoms with Gasteiger partial charge >= 0.3 is 0 Å². The molecule has 1 atom stereocenters. The molecule has 0 radical (unpaired) electrons. The smallest absolute Gasteiger partial charge is 0.251 e. The minimum atomic E-state index is -0.0886. The molecule has 1 aromatic carbocycles. The predicted octanol–water partition coefficient (Wildman–Crippen LogP) is 2.97. The summed E-state index contributed by atoms with van der Waals surface area (Å²) >= 11 is 0. The summed E-state index contributed by atoms with van der Waals surface area (Å²) in [6.45, 7) is 7.59. The quantitative estimate of drug-likeness (QED) is 0.688. The minimum absolute atomic E-state index is 0.00519. The first-order valence-electron chi connectivity index (χ1n) is 7.79. The molecule has 0 spiro atoms. The van der Waals surface area contributed by atoms with E-state index in [-0.39, 0.29) is 11.9 Å². The Morgan fingerprint density at radius 1 is 1.29 bits per heavy atom. The van der Waals surface area contributed by atoms with E-state index in [1.54, 1.807) is 12.1 Å². The van der Waals surface area contributed by atoms with Gasteiger partial charge in [-0.05, 0) is 43.0 Å². The van der Waals surface area contributed by atoms with Crippen LogP contribution in [0.3, 0.4) is 0 Å². The Hall–Kier alpha value is -1.55. The average molecular weight is 292 g/mol. The lowest BCUT2D eigenvalue weighted by Gasteiger charge is -2.15. The molecule has 0 aliphatic heterocycles. The van der Waals surface area contributed by atoms with E-state index in [1.807, 2.05) is 12.1 Å². The van der Waals surface area contributed by atoms with Crippen LogP contribution in [-0.4, -0.2) is 25.1 Å². The number of carbonyl (C=O) groups is 1. The second-order valence-electron chi connectivity index (χ2n) is 5.83. The predicted molar refractivity (Wildman–Crippen MR) is 86.6 cm³/mol. The van der Waals surface area contributed by atoms with Gasteiger partial charge in [0.1, 0.15) is 5.75 Å². The minimum Gasteiger partial charge on any atom is -0.494 e. The molecule has 0 aliphatic carbocycles. The molecule has 1 unspecified atom stereocenters. The Balaban J connectivity index is 2.40. The number of hydrogen-bond acceptors (Lipinski definition) is 3. The van der Waals surface area contributed by atoms with Gasteiger partial charge in [-0.1, -0.05) is 27.2 Å². The van der Waals surface area contributed by atoms with Crippen LogP contribution < -0.4 is 15.8 Å². The molecule has 118 valence electrons. The summed E-state index contributed by atoms with van der Waals surface area (Å²) in [4.78, 5) is 12.0. The molecular weight excluding hydrogens is 264 g/mol. The molecule has 1 amide bonds. The summed E-state index contributed by atoms with van der Waals surface area (Å²) in [5.41, 5.74) is 6.59. The van der Waals surface area contributed by atoms with Crippen LogP contribution in [-0.2, 0) is 0 Å². The van der Waals surface area contributed by atoms with Gasteiger partial charge in [0.05, 0.1) is 6.61 Å². The van der Waals surface area contributed by atoms with Crippen molar-refractivity contribution in [2.24, 2.45) is 11.7 Å². The summed E-state index contributed by atoms with van der Waals surface area (Å²) in [5, 5.41) is 2.87. The van der Waals surface area contributed by atoms with Crippen molar-refractivity contribution in [1.29, 1.82) is 0 Å². The first-order chi connectivity index (χ1) is 10.0. The monoisotopic (exact) mass is 292 g/mol. The van der Waals surface area contributed by atoms with Gasteiger partial charge < -0.3 is 15.8 Å². The molecule has 3 N–H and O–H groups in total. The van der Waals surface area contributed by atoms with Crippen LogP contribution in [0.4, 0.5) is 0 Å². The normalized spacial score (nSPS) is 12.2. The van der Waals surface area contributed by atoms with Gasteiger partial charge in [-0.2, -0.15) is 0 Å². The molecule has 1 rings (SSSR count). The standard InChI is InChI=1S/C17H28N2O2/c1-4-5-10-21-16-8-6-14(7-9-16)17(20)19-12-15(18)11-13(2)3/h6-9,13,15H,4-5,10-12,18H2,1-3H3,(H,19,20). The Bertz CT molecular complexity index is 415. The fraction of sp³-hybridized carbons (Fsp3) is 0.588. The summed E-state index contributed by atoms with van der Waals surface area (Å²) < 4.78 is 5.57. The van der Waals surface area contributed by atoms with Crippen LogP contribution in [0.15, 0.2) is 24.3 Å². The Morgan fingerprint density at radius 2 is 1.95 bits per heavy atom. The van der Waals surface area contributed by atoms with Crippen LogP contribution >= 0.6 is 0 Å². The van der Waals surface area contributed by atoms with Gasteiger partial charge in [0.25, 0.3) is 5.91 Å². The van der Waals surface area contributed by atoms with E-state index in [1.165, 1.54) is 0 Å². The van der Waals surface area contributed by atoms with Gasteiger partial charge in [-0.25, -0.2) is 0 Å². The van der Waals surface area contributed by atoms with Crippen LogP contribution in [0.1, 0.15) is 50.4 Å². The lowest BCUT2D eigenvalue weighted by Crippen LogP contribution is -2.37. The maximum Gasteiger partial charge on any atom is 0.251 e. The number of nitrogens with two attached hydrogens (primary N) is 1. The number of carbonyl (C=O) groups excluding carboxylic acids is 1. The SMILES string of the molecule is CCCCOc1ccc(C(=O)NCC(N)CC(C)C)cc1. The Morgan fingerprint density at radius 3 is 2.52 bits per heavy atom. The number of unbranched alkanes of at least 4 members (excludes halogenated alkanes) is 1. The third-order valence-electron chi connectivity index (χ3n) is 3.18. The number of amides is 1. The molecule has 1 aromatic rings. The number of ether oxygens (including phenoxy) is 1. The van der Waals surface area contributed by atoms with Crippen molar-refractivity contribution in [2.75, 3.05) is 13.2 Å². The summed E-state index contributed by atoms with van der Waals surface area (Å²) in [6, 6.07) is 7.23. The van der Waals surface area contributed by atoms with E-state index in [9.17, 15) is 4.79 Å². The Kier molecular flexibility index (Phi) is 7.83. The van der Waals surface area contributed by atoms with Crippen molar-refractivity contribution >= 4 is 5.91 Å². The molecule has 21 heavy (non-hydrogen) atoms. The van der Waals surface area contributed by atoms with E-state index in [0.717, 1.165) is 25.0 Å². The number of rotatable bonds is 9. The largest absolute Gasteiger partial charge is 0.494 e. The summed E-state index contributed by atoms with van der Waals surface area (Å²) in [5.74, 6) is 1.25. The summed E-state index contributed by atoms with van der Waals surface area (Å²) in [6.07, 6.45) is 3.05. The zero-order chi connectivity index (χ0) is 15.7. The van der Waals surface area contributed by atoms with Gasteiger partial charge in [0, 0.05) is 18.2 Å². The van der Waals surface area contributed by atoms with E-state index in [0.29, 0.717) is 24.6 Å².